The van der Waals surface area contributed by atoms with Crippen LogP contribution < -0.4 is 5.32 Å². The first kappa shape index (κ1) is 12.8. The molecule has 0 fully saturated rings. The maximum atomic E-state index is 4.38. The standard InChI is InChI=1S/C16H18N4/c1-17-15(8-7-13-5-3-2-4-6-13)14-11-19-20-10-9-18-12-16(14)20/h2-6,9-12,15,17H,7-8H2,1H3. The lowest BCUT2D eigenvalue weighted by atomic mass is 10.0. The number of aromatic nitrogens is 3. The summed E-state index contributed by atoms with van der Waals surface area (Å²) in [5.41, 5.74) is 3.64. The molecule has 102 valence electrons. The molecule has 1 atom stereocenters. The number of benzene rings is 1. The maximum absolute atomic E-state index is 4.38. The SMILES string of the molecule is CNC(CCc1ccccc1)c1cnn2ccncc12. The van der Waals surface area contributed by atoms with Crippen LogP contribution in [0.5, 0.6) is 0 Å². The molecule has 1 N–H and O–H groups in total. The summed E-state index contributed by atoms with van der Waals surface area (Å²) < 4.78 is 1.87. The molecule has 0 radical (unpaired) electrons. The van der Waals surface area contributed by atoms with Gasteiger partial charge >= 0.3 is 0 Å². The van der Waals surface area contributed by atoms with E-state index in [-0.39, 0.29) is 6.04 Å². The Balaban J connectivity index is 1.79. The molecule has 1 aromatic carbocycles. The Morgan fingerprint density at radius 1 is 1.20 bits per heavy atom. The zero-order valence-corrected chi connectivity index (χ0v) is 11.5. The van der Waals surface area contributed by atoms with Crippen molar-refractivity contribution in [1.82, 2.24) is 19.9 Å². The van der Waals surface area contributed by atoms with Crippen LogP contribution in [0.2, 0.25) is 0 Å². The number of hydrogen-bond acceptors (Lipinski definition) is 3. The van der Waals surface area contributed by atoms with Gasteiger partial charge in [-0.1, -0.05) is 30.3 Å². The van der Waals surface area contributed by atoms with E-state index in [4.69, 9.17) is 0 Å². The molecule has 20 heavy (non-hydrogen) atoms. The predicted molar refractivity (Wildman–Crippen MR) is 79.6 cm³/mol. The van der Waals surface area contributed by atoms with Gasteiger partial charge in [-0.15, -0.1) is 0 Å². The molecule has 0 aliphatic carbocycles. The molecule has 0 saturated heterocycles. The Morgan fingerprint density at radius 2 is 2.05 bits per heavy atom. The number of hydrogen-bond donors (Lipinski definition) is 1. The van der Waals surface area contributed by atoms with Gasteiger partial charge in [-0.3, -0.25) is 4.98 Å². The summed E-state index contributed by atoms with van der Waals surface area (Å²) in [5.74, 6) is 0. The molecule has 4 nitrogen and oxygen atoms in total. The van der Waals surface area contributed by atoms with Crippen LogP contribution in [0, 0.1) is 0 Å². The van der Waals surface area contributed by atoms with Crippen molar-refractivity contribution < 1.29 is 0 Å². The summed E-state index contributed by atoms with van der Waals surface area (Å²) >= 11 is 0. The number of nitrogens with zero attached hydrogens (tertiary/aromatic N) is 3. The molecular formula is C16H18N4. The van der Waals surface area contributed by atoms with E-state index in [2.05, 4.69) is 45.7 Å². The third-order valence-electron chi connectivity index (χ3n) is 3.64. The summed E-state index contributed by atoms with van der Waals surface area (Å²) in [6, 6.07) is 10.9. The van der Waals surface area contributed by atoms with Gasteiger partial charge in [0.2, 0.25) is 0 Å². The highest BCUT2D eigenvalue weighted by Crippen LogP contribution is 2.22. The van der Waals surface area contributed by atoms with Crippen molar-refractivity contribution in [3.63, 3.8) is 0 Å². The van der Waals surface area contributed by atoms with Crippen LogP contribution in [0.3, 0.4) is 0 Å². The van der Waals surface area contributed by atoms with Crippen molar-refractivity contribution in [2.24, 2.45) is 0 Å². The molecule has 4 heteroatoms. The Bertz CT molecular complexity index is 675. The highest BCUT2D eigenvalue weighted by molar-refractivity contribution is 5.53. The second-order valence-corrected chi connectivity index (χ2v) is 4.87. The predicted octanol–water partition coefficient (Wildman–Crippen LogP) is 2.62. The van der Waals surface area contributed by atoms with Gasteiger partial charge in [0.15, 0.2) is 0 Å². The lowest BCUT2D eigenvalue weighted by molar-refractivity contribution is 0.552. The monoisotopic (exact) mass is 266 g/mol. The minimum absolute atomic E-state index is 0.289. The van der Waals surface area contributed by atoms with E-state index in [0.717, 1.165) is 18.4 Å². The fourth-order valence-corrected chi connectivity index (χ4v) is 2.53. The molecule has 3 aromatic rings. The molecule has 0 amide bonds. The van der Waals surface area contributed by atoms with Crippen LogP contribution in [-0.4, -0.2) is 21.6 Å². The normalized spacial score (nSPS) is 12.7. The molecule has 2 aromatic heterocycles. The average molecular weight is 266 g/mol. The third-order valence-corrected chi connectivity index (χ3v) is 3.64. The molecule has 0 aliphatic rings. The number of nitrogens with one attached hydrogen (secondary N) is 1. The Kier molecular flexibility index (Phi) is 3.74. The zero-order valence-electron chi connectivity index (χ0n) is 11.5. The first-order chi connectivity index (χ1) is 9.88. The Labute approximate surface area is 118 Å². The quantitative estimate of drug-likeness (QED) is 0.772. The van der Waals surface area contributed by atoms with Crippen molar-refractivity contribution >= 4 is 5.52 Å². The molecule has 0 spiro atoms. The lowest BCUT2D eigenvalue weighted by Crippen LogP contribution is -2.17. The summed E-state index contributed by atoms with van der Waals surface area (Å²) in [5, 5.41) is 7.76. The third kappa shape index (κ3) is 2.56. The number of rotatable bonds is 5. The van der Waals surface area contributed by atoms with E-state index in [1.54, 1.807) is 6.20 Å². The summed E-state index contributed by atoms with van der Waals surface area (Å²) in [4.78, 5) is 4.19. The van der Waals surface area contributed by atoms with Crippen LogP contribution >= 0.6 is 0 Å². The van der Waals surface area contributed by atoms with Gasteiger partial charge in [0.1, 0.15) is 0 Å². The van der Waals surface area contributed by atoms with Crippen LogP contribution in [0.25, 0.3) is 5.52 Å². The Hall–Kier alpha value is -2.20. The van der Waals surface area contributed by atoms with Gasteiger partial charge < -0.3 is 5.32 Å². The van der Waals surface area contributed by atoms with E-state index in [0.29, 0.717) is 0 Å². The first-order valence-corrected chi connectivity index (χ1v) is 6.87. The van der Waals surface area contributed by atoms with Crippen molar-refractivity contribution in [3.05, 3.63) is 66.2 Å². The minimum atomic E-state index is 0.289. The highest BCUT2D eigenvalue weighted by Gasteiger charge is 2.14. The van der Waals surface area contributed by atoms with Gasteiger partial charge in [-0.25, -0.2) is 4.52 Å². The summed E-state index contributed by atoms with van der Waals surface area (Å²) in [7, 11) is 2.00. The van der Waals surface area contributed by atoms with Crippen LogP contribution in [0.4, 0.5) is 0 Å². The second kappa shape index (κ2) is 5.84. The fourth-order valence-electron chi connectivity index (χ4n) is 2.53. The largest absolute Gasteiger partial charge is 0.313 e. The number of fused-ring (bicyclic) bond motifs is 1. The maximum Gasteiger partial charge on any atom is 0.0892 e. The van der Waals surface area contributed by atoms with E-state index in [1.165, 1.54) is 11.1 Å². The molecule has 2 heterocycles. The van der Waals surface area contributed by atoms with Crippen molar-refractivity contribution in [2.75, 3.05) is 7.05 Å². The number of aryl methyl sites for hydroxylation is 1. The lowest BCUT2D eigenvalue weighted by Gasteiger charge is -2.15. The van der Waals surface area contributed by atoms with E-state index < -0.39 is 0 Å². The molecular weight excluding hydrogens is 248 g/mol. The van der Waals surface area contributed by atoms with Gasteiger partial charge in [0, 0.05) is 24.0 Å². The Morgan fingerprint density at radius 3 is 2.85 bits per heavy atom. The van der Waals surface area contributed by atoms with Gasteiger partial charge in [0.05, 0.1) is 17.9 Å². The minimum Gasteiger partial charge on any atom is -0.313 e. The van der Waals surface area contributed by atoms with Crippen molar-refractivity contribution in [3.8, 4) is 0 Å². The summed E-state index contributed by atoms with van der Waals surface area (Å²) in [6.45, 7) is 0. The van der Waals surface area contributed by atoms with Crippen LogP contribution in [0.1, 0.15) is 23.6 Å². The molecule has 0 saturated carbocycles. The first-order valence-electron chi connectivity index (χ1n) is 6.87. The van der Waals surface area contributed by atoms with Crippen molar-refractivity contribution in [1.29, 1.82) is 0 Å². The average Bonchev–Trinajstić information content (AvgIpc) is 2.93. The van der Waals surface area contributed by atoms with Crippen LogP contribution in [-0.2, 0) is 6.42 Å². The zero-order chi connectivity index (χ0) is 13.8. The van der Waals surface area contributed by atoms with Gasteiger partial charge in [0.25, 0.3) is 0 Å². The van der Waals surface area contributed by atoms with E-state index >= 15 is 0 Å². The van der Waals surface area contributed by atoms with Crippen molar-refractivity contribution in [2.45, 2.75) is 18.9 Å². The topological polar surface area (TPSA) is 42.2 Å². The molecule has 3 rings (SSSR count). The van der Waals surface area contributed by atoms with Gasteiger partial charge in [-0.05, 0) is 25.5 Å². The van der Waals surface area contributed by atoms with Crippen LogP contribution in [0.15, 0.2) is 55.1 Å². The van der Waals surface area contributed by atoms with Gasteiger partial charge in [-0.2, -0.15) is 5.10 Å². The molecule has 1 unspecified atom stereocenters. The summed E-state index contributed by atoms with van der Waals surface area (Å²) in [6.07, 6.45) is 9.52. The molecule has 0 aliphatic heterocycles. The smallest absolute Gasteiger partial charge is 0.0892 e. The second-order valence-electron chi connectivity index (χ2n) is 4.87. The van der Waals surface area contributed by atoms with E-state index in [9.17, 15) is 0 Å². The molecule has 0 bridgehead atoms. The highest BCUT2D eigenvalue weighted by atomic mass is 15.2. The van der Waals surface area contributed by atoms with E-state index in [1.807, 2.05) is 30.2 Å². The fraction of sp³-hybridized carbons (Fsp3) is 0.250.